The van der Waals surface area contributed by atoms with Gasteiger partial charge in [0, 0.05) is 41.5 Å². The number of carbonyl (C=O) groups is 3. The first kappa shape index (κ1) is 23.1. The Morgan fingerprint density at radius 1 is 0.914 bits per heavy atom. The molecule has 0 radical (unpaired) electrons. The monoisotopic (exact) mass is 492 g/mol. The third kappa shape index (κ3) is 4.30. The Morgan fingerprint density at radius 3 is 2.23 bits per heavy atom. The Kier molecular flexibility index (Phi) is 6.30. The summed E-state index contributed by atoms with van der Waals surface area (Å²) in [6.07, 6.45) is 2.92. The van der Waals surface area contributed by atoms with Crippen molar-refractivity contribution in [3.63, 3.8) is 0 Å². The molecule has 0 aliphatic carbocycles. The standard InChI is InChI=1S/C26H25ClN4O4/c1-2-35-26(34)23-21-14-16-30(19-12-10-18(11-13-19)29-15-4-3-5-22(29)32)25(33)24(21)31(28-23)20-8-6-17(27)7-9-20/h6-13H,2-5,14-16H2,1H3. The molecule has 180 valence electrons. The zero-order valence-electron chi connectivity index (χ0n) is 19.4. The van der Waals surface area contributed by atoms with Crippen molar-refractivity contribution in [3.05, 3.63) is 70.5 Å². The van der Waals surface area contributed by atoms with E-state index < -0.39 is 5.97 Å². The first-order chi connectivity index (χ1) is 17.0. The lowest BCUT2D eigenvalue weighted by molar-refractivity contribution is -0.119. The van der Waals surface area contributed by atoms with Crippen molar-refractivity contribution in [2.24, 2.45) is 0 Å². The van der Waals surface area contributed by atoms with Crippen LogP contribution in [0.2, 0.25) is 5.02 Å². The number of rotatable bonds is 5. The molecule has 9 heteroatoms. The Hall–Kier alpha value is -3.65. The summed E-state index contributed by atoms with van der Waals surface area (Å²) in [6, 6.07) is 14.4. The molecule has 2 aliphatic heterocycles. The lowest BCUT2D eigenvalue weighted by atomic mass is 10.0. The number of nitrogens with zero attached hydrogens (tertiary/aromatic N) is 4. The summed E-state index contributed by atoms with van der Waals surface area (Å²) in [6.45, 7) is 3.05. The molecule has 1 aromatic heterocycles. The minimum Gasteiger partial charge on any atom is -0.461 e. The third-order valence-electron chi connectivity index (χ3n) is 6.35. The maximum atomic E-state index is 13.7. The SMILES string of the molecule is CCOC(=O)c1nn(-c2ccc(Cl)cc2)c2c1CCN(c1ccc(N3CCCCC3=O)cc1)C2=O. The lowest BCUT2D eigenvalue weighted by Crippen LogP contribution is -2.39. The van der Waals surface area contributed by atoms with Crippen molar-refractivity contribution in [1.82, 2.24) is 9.78 Å². The highest BCUT2D eigenvalue weighted by Gasteiger charge is 2.35. The molecular weight excluding hydrogens is 468 g/mol. The third-order valence-corrected chi connectivity index (χ3v) is 6.61. The number of halogens is 1. The minimum atomic E-state index is -0.548. The van der Waals surface area contributed by atoms with Crippen LogP contribution < -0.4 is 9.80 Å². The van der Waals surface area contributed by atoms with Crippen molar-refractivity contribution in [1.29, 1.82) is 0 Å². The van der Waals surface area contributed by atoms with Crippen molar-refractivity contribution < 1.29 is 19.1 Å². The number of anilines is 2. The van der Waals surface area contributed by atoms with Crippen LogP contribution in [0.4, 0.5) is 11.4 Å². The number of amides is 2. The number of fused-ring (bicyclic) bond motifs is 1. The molecule has 2 amide bonds. The summed E-state index contributed by atoms with van der Waals surface area (Å²) in [5.74, 6) is -0.680. The smallest absolute Gasteiger partial charge is 0.359 e. The van der Waals surface area contributed by atoms with E-state index in [0.29, 0.717) is 47.9 Å². The van der Waals surface area contributed by atoms with Crippen molar-refractivity contribution in [2.45, 2.75) is 32.6 Å². The summed E-state index contributed by atoms with van der Waals surface area (Å²) in [7, 11) is 0. The predicted octanol–water partition coefficient (Wildman–Crippen LogP) is 4.42. The second-order valence-electron chi connectivity index (χ2n) is 8.51. The molecule has 3 heterocycles. The van der Waals surface area contributed by atoms with E-state index in [9.17, 15) is 14.4 Å². The van der Waals surface area contributed by atoms with Gasteiger partial charge in [0.25, 0.3) is 5.91 Å². The zero-order valence-corrected chi connectivity index (χ0v) is 20.1. The largest absolute Gasteiger partial charge is 0.461 e. The van der Waals surface area contributed by atoms with Gasteiger partial charge in [-0.2, -0.15) is 5.10 Å². The van der Waals surface area contributed by atoms with Crippen LogP contribution in [0.15, 0.2) is 48.5 Å². The van der Waals surface area contributed by atoms with E-state index in [2.05, 4.69) is 5.10 Å². The lowest BCUT2D eigenvalue weighted by Gasteiger charge is -2.29. The number of hydrogen-bond donors (Lipinski definition) is 0. The quantitative estimate of drug-likeness (QED) is 0.492. The van der Waals surface area contributed by atoms with Crippen molar-refractivity contribution in [2.75, 3.05) is 29.5 Å². The minimum absolute atomic E-state index is 0.126. The van der Waals surface area contributed by atoms with Crippen LogP contribution in [0.5, 0.6) is 0 Å². The number of benzene rings is 2. The maximum absolute atomic E-state index is 13.7. The normalized spacial score (nSPS) is 15.8. The summed E-state index contributed by atoms with van der Waals surface area (Å²) in [5, 5.41) is 5.04. The Bertz CT molecular complexity index is 1280. The van der Waals surface area contributed by atoms with Gasteiger partial charge in [-0.3, -0.25) is 9.59 Å². The highest BCUT2D eigenvalue weighted by molar-refractivity contribution is 6.30. The summed E-state index contributed by atoms with van der Waals surface area (Å²) >= 11 is 6.05. The first-order valence-electron chi connectivity index (χ1n) is 11.7. The van der Waals surface area contributed by atoms with Crippen LogP contribution >= 0.6 is 11.6 Å². The molecule has 2 aromatic carbocycles. The molecule has 0 atom stereocenters. The highest BCUT2D eigenvalue weighted by Crippen LogP contribution is 2.31. The van der Waals surface area contributed by atoms with E-state index in [1.165, 1.54) is 4.68 Å². The molecule has 0 spiro atoms. The number of piperidine rings is 1. The summed E-state index contributed by atoms with van der Waals surface area (Å²) in [4.78, 5) is 42.1. The second-order valence-corrected chi connectivity index (χ2v) is 8.95. The molecule has 0 unspecified atom stereocenters. The van der Waals surface area contributed by atoms with Crippen LogP contribution in [0.1, 0.15) is 52.7 Å². The van der Waals surface area contributed by atoms with E-state index in [-0.39, 0.29) is 24.1 Å². The fraction of sp³-hybridized carbons (Fsp3) is 0.308. The van der Waals surface area contributed by atoms with Gasteiger partial charge >= 0.3 is 5.97 Å². The van der Waals surface area contributed by atoms with Crippen LogP contribution in [0, 0.1) is 0 Å². The van der Waals surface area contributed by atoms with Gasteiger partial charge in [0.2, 0.25) is 5.91 Å². The molecule has 1 fully saturated rings. The van der Waals surface area contributed by atoms with Crippen molar-refractivity contribution in [3.8, 4) is 5.69 Å². The van der Waals surface area contributed by atoms with E-state index in [0.717, 1.165) is 24.2 Å². The van der Waals surface area contributed by atoms with Gasteiger partial charge in [-0.1, -0.05) is 11.6 Å². The van der Waals surface area contributed by atoms with Crippen LogP contribution in [-0.2, 0) is 16.0 Å². The summed E-state index contributed by atoms with van der Waals surface area (Å²) in [5.41, 5.74) is 3.24. The molecule has 3 aromatic rings. The molecule has 5 rings (SSSR count). The fourth-order valence-electron chi connectivity index (χ4n) is 4.63. The maximum Gasteiger partial charge on any atom is 0.359 e. The topological polar surface area (TPSA) is 84.7 Å². The van der Waals surface area contributed by atoms with Gasteiger partial charge in [0.15, 0.2) is 5.69 Å². The molecule has 0 saturated carbocycles. The van der Waals surface area contributed by atoms with Gasteiger partial charge in [0.05, 0.1) is 12.3 Å². The van der Waals surface area contributed by atoms with Gasteiger partial charge in [-0.25, -0.2) is 9.48 Å². The molecular formula is C26H25ClN4O4. The van der Waals surface area contributed by atoms with Gasteiger partial charge in [-0.15, -0.1) is 0 Å². The first-order valence-corrected chi connectivity index (χ1v) is 12.1. The van der Waals surface area contributed by atoms with E-state index in [1.807, 2.05) is 24.3 Å². The number of hydrogen-bond acceptors (Lipinski definition) is 5. The molecule has 8 nitrogen and oxygen atoms in total. The Morgan fingerprint density at radius 2 is 1.57 bits per heavy atom. The molecule has 0 N–H and O–H groups in total. The van der Waals surface area contributed by atoms with E-state index >= 15 is 0 Å². The van der Waals surface area contributed by atoms with Crippen LogP contribution in [0.3, 0.4) is 0 Å². The molecule has 35 heavy (non-hydrogen) atoms. The molecule has 1 saturated heterocycles. The molecule has 0 bridgehead atoms. The average molecular weight is 493 g/mol. The highest BCUT2D eigenvalue weighted by atomic mass is 35.5. The van der Waals surface area contributed by atoms with Gasteiger partial charge in [-0.05, 0) is 74.7 Å². The number of esters is 1. The summed E-state index contributed by atoms with van der Waals surface area (Å²) < 4.78 is 6.69. The predicted molar refractivity (Wildman–Crippen MR) is 133 cm³/mol. The number of carbonyl (C=O) groups excluding carboxylic acids is 3. The van der Waals surface area contributed by atoms with Crippen LogP contribution in [0.25, 0.3) is 5.69 Å². The fourth-order valence-corrected chi connectivity index (χ4v) is 4.76. The number of aromatic nitrogens is 2. The molecule has 2 aliphatic rings. The van der Waals surface area contributed by atoms with Gasteiger partial charge in [0.1, 0.15) is 5.69 Å². The second kappa shape index (κ2) is 9.54. The average Bonchev–Trinajstić information content (AvgIpc) is 3.26. The zero-order chi connectivity index (χ0) is 24.5. The van der Waals surface area contributed by atoms with Crippen molar-refractivity contribution >= 4 is 40.8 Å². The van der Waals surface area contributed by atoms with E-state index in [1.54, 1.807) is 41.0 Å². The Balaban J connectivity index is 1.50. The van der Waals surface area contributed by atoms with Gasteiger partial charge < -0.3 is 14.5 Å². The van der Waals surface area contributed by atoms with Crippen LogP contribution in [-0.4, -0.2) is 47.3 Å². The Labute approximate surface area is 208 Å². The van der Waals surface area contributed by atoms with E-state index in [4.69, 9.17) is 16.3 Å². The number of ether oxygens (including phenoxy) is 1.